The molecule has 0 spiro atoms. The first-order chi connectivity index (χ1) is 10.7. The molecule has 23 heavy (non-hydrogen) atoms. The zero-order chi connectivity index (χ0) is 17.4. The molecule has 0 saturated carbocycles. The molecule has 0 aromatic heterocycles. The summed E-state index contributed by atoms with van der Waals surface area (Å²) in [4.78, 5) is 22.7. The van der Waals surface area contributed by atoms with Crippen molar-refractivity contribution in [3.05, 3.63) is 28.3 Å². The molecule has 1 saturated heterocycles. The van der Waals surface area contributed by atoms with Gasteiger partial charge in [0.25, 0.3) is 0 Å². The first kappa shape index (κ1) is 17.7. The highest BCUT2D eigenvalue weighted by atomic mass is 35.5. The number of ether oxygens (including phenoxy) is 1. The van der Waals surface area contributed by atoms with Crippen LogP contribution in [0.4, 0.5) is 0 Å². The number of aliphatic carboxylic acids is 1. The van der Waals surface area contributed by atoms with E-state index in [1.807, 2.05) is 0 Å². The number of carbonyl (C=O) groups excluding carboxylic acids is 1. The van der Waals surface area contributed by atoms with Crippen molar-refractivity contribution in [2.45, 2.75) is 30.7 Å². The summed E-state index contributed by atoms with van der Waals surface area (Å²) in [6.07, 6.45) is 0.706. The lowest BCUT2D eigenvalue weighted by atomic mass is 10.1. The molecule has 0 aliphatic carbocycles. The molecule has 1 atom stereocenters. The van der Waals surface area contributed by atoms with E-state index in [0.717, 1.165) is 4.31 Å². The Hall–Kier alpha value is -1.64. The van der Waals surface area contributed by atoms with Gasteiger partial charge in [0.1, 0.15) is 6.04 Å². The normalized spacial score (nSPS) is 18.8. The number of nitrogens with zero attached hydrogens (tertiary/aromatic N) is 1. The van der Waals surface area contributed by atoms with E-state index in [4.69, 9.17) is 11.6 Å². The van der Waals surface area contributed by atoms with Crippen molar-refractivity contribution in [1.82, 2.24) is 4.31 Å². The maximum atomic E-state index is 12.8. The van der Waals surface area contributed by atoms with Gasteiger partial charge in [-0.15, -0.1) is 0 Å². The molecule has 1 fully saturated rings. The number of rotatable bonds is 4. The van der Waals surface area contributed by atoms with Gasteiger partial charge in [-0.05, 0) is 37.5 Å². The Morgan fingerprint density at radius 3 is 2.61 bits per heavy atom. The molecule has 1 heterocycles. The van der Waals surface area contributed by atoms with Crippen LogP contribution < -0.4 is 0 Å². The van der Waals surface area contributed by atoms with Crippen LogP contribution in [-0.2, 0) is 19.6 Å². The van der Waals surface area contributed by atoms with Gasteiger partial charge in [-0.2, -0.15) is 4.31 Å². The van der Waals surface area contributed by atoms with E-state index in [9.17, 15) is 23.1 Å². The fourth-order valence-electron chi connectivity index (χ4n) is 2.56. The van der Waals surface area contributed by atoms with Crippen LogP contribution in [0.2, 0.25) is 5.02 Å². The van der Waals surface area contributed by atoms with E-state index in [1.54, 1.807) is 0 Å². The molecule has 0 bridgehead atoms. The van der Waals surface area contributed by atoms with Crippen LogP contribution in [-0.4, -0.2) is 49.5 Å². The largest absolute Gasteiger partial charge is 0.480 e. The minimum absolute atomic E-state index is 0.00672. The summed E-state index contributed by atoms with van der Waals surface area (Å²) < 4.78 is 31.2. The highest BCUT2D eigenvalue weighted by Gasteiger charge is 2.40. The second-order valence-corrected chi connectivity index (χ2v) is 7.45. The second kappa shape index (κ2) is 6.46. The Kier molecular flexibility index (Phi) is 4.98. The van der Waals surface area contributed by atoms with E-state index >= 15 is 0 Å². The fourth-order valence-corrected chi connectivity index (χ4v) is 4.76. The highest BCUT2D eigenvalue weighted by Crippen LogP contribution is 2.32. The van der Waals surface area contributed by atoms with Crippen molar-refractivity contribution in [3.8, 4) is 0 Å². The molecule has 1 N–H and O–H groups in total. The Morgan fingerprint density at radius 1 is 1.39 bits per heavy atom. The molecule has 1 unspecified atom stereocenters. The summed E-state index contributed by atoms with van der Waals surface area (Å²) in [5, 5.41) is 9.29. The highest BCUT2D eigenvalue weighted by molar-refractivity contribution is 7.89. The van der Waals surface area contributed by atoms with Gasteiger partial charge in [0.15, 0.2) is 0 Å². The predicted molar refractivity (Wildman–Crippen MR) is 82.1 cm³/mol. The van der Waals surface area contributed by atoms with Gasteiger partial charge >= 0.3 is 11.9 Å². The summed E-state index contributed by atoms with van der Waals surface area (Å²) in [5.41, 5.74) is 0.253. The van der Waals surface area contributed by atoms with Crippen molar-refractivity contribution in [3.63, 3.8) is 0 Å². The first-order valence-electron chi connectivity index (χ1n) is 6.83. The summed E-state index contributed by atoms with van der Waals surface area (Å²) in [6, 6.07) is 1.37. The van der Waals surface area contributed by atoms with Gasteiger partial charge in [0.2, 0.25) is 10.0 Å². The minimum Gasteiger partial charge on any atom is -0.480 e. The third-order valence-electron chi connectivity index (χ3n) is 3.79. The van der Waals surface area contributed by atoms with Gasteiger partial charge in [-0.3, -0.25) is 4.79 Å². The number of sulfonamides is 1. The lowest BCUT2D eigenvalue weighted by Crippen LogP contribution is -2.40. The molecular weight excluding hydrogens is 346 g/mol. The summed E-state index contributed by atoms with van der Waals surface area (Å²) >= 11 is 6.02. The number of hydrogen-bond donors (Lipinski definition) is 1. The number of carboxylic acids is 1. The molecule has 126 valence electrons. The second-order valence-electron chi connectivity index (χ2n) is 5.18. The van der Waals surface area contributed by atoms with E-state index in [-0.39, 0.29) is 34.0 Å². The van der Waals surface area contributed by atoms with Crippen molar-refractivity contribution in [2.75, 3.05) is 13.7 Å². The predicted octanol–water partition coefficient (Wildman–Crippen LogP) is 1.67. The van der Waals surface area contributed by atoms with Gasteiger partial charge in [0, 0.05) is 11.6 Å². The summed E-state index contributed by atoms with van der Waals surface area (Å²) in [6.45, 7) is 1.61. The van der Waals surface area contributed by atoms with E-state index in [0.29, 0.717) is 6.42 Å². The molecule has 9 heteroatoms. The number of benzene rings is 1. The zero-order valence-corrected chi connectivity index (χ0v) is 14.1. The summed E-state index contributed by atoms with van der Waals surface area (Å²) in [7, 11) is -2.92. The maximum Gasteiger partial charge on any atom is 0.337 e. The van der Waals surface area contributed by atoms with E-state index in [2.05, 4.69) is 4.74 Å². The Bertz CT molecular complexity index is 761. The molecule has 1 aliphatic heterocycles. The van der Waals surface area contributed by atoms with Crippen LogP contribution in [0.3, 0.4) is 0 Å². The molecule has 1 aromatic rings. The van der Waals surface area contributed by atoms with E-state index < -0.39 is 28.0 Å². The van der Waals surface area contributed by atoms with E-state index in [1.165, 1.54) is 26.2 Å². The minimum atomic E-state index is -4.09. The molecule has 0 amide bonds. The number of methoxy groups -OCH3 is 1. The van der Waals surface area contributed by atoms with Gasteiger partial charge in [-0.25, -0.2) is 13.2 Å². The Balaban J connectivity index is 2.57. The van der Waals surface area contributed by atoms with Gasteiger partial charge < -0.3 is 9.84 Å². The molecule has 7 nitrogen and oxygen atoms in total. The SMILES string of the molecule is COC(=O)c1cc(Cl)c(C)c(S(=O)(=O)N2CCCC2C(=O)O)c1. The lowest BCUT2D eigenvalue weighted by Gasteiger charge is -2.22. The topological polar surface area (TPSA) is 101 Å². The number of esters is 1. The van der Waals surface area contributed by atoms with Crippen molar-refractivity contribution in [2.24, 2.45) is 0 Å². The lowest BCUT2D eigenvalue weighted by molar-refractivity contribution is -0.140. The van der Waals surface area contributed by atoms with Crippen LogP contribution in [0.5, 0.6) is 0 Å². The Labute approximate surface area is 138 Å². The average molecular weight is 362 g/mol. The zero-order valence-electron chi connectivity index (χ0n) is 12.6. The van der Waals surface area contributed by atoms with Crippen LogP contribution in [0.15, 0.2) is 17.0 Å². The standard InChI is InChI=1S/C14H16ClNO6S/c1-8-10(15)6-9(14(19)22-2)7-12(8)23(20,21)16-5-3-4-11(16)13(17)18/h6-7,11H,3-5H2,1-2H3,(H,17,18). The monoisotopic (exact) mass is 361 g/mol. The van der Waals surface area contributed by atoms with Crippen LogP contribution >= 0.6 is 11.6 Å². The molecule has 0 radical (unpaired) electrons. The third kappa shape index (κ3) is 3.19. The van der Waals surface area contributed by atoms with Gasteiger partial charge in [-0.1, -0.05) is 11.6 Å². The summed E-state index contributed by atoms with van der Waals surface area (Å²) in [5.74, 6) is -1.92. The van der Waals surface area contributed by atoms with Crippen LogP contribution in [0, 0.1) is 6.92 Å². The number of halogens is 1. The third-order valence-corrected chi connectivity index (χ3v) is 6.22. The van der Waals surface area contributed by atoms with Crippen molar-refractivity contribution >= 4 is 33.6 Å². The van der Waals surface area contributed by atoms with Crippen LogP contribution in [0.25, 0.3) is 0 Å². The number of hydrogen-bond acceptors (Lipinski definition) is 5. The molecule has 2 rings (SSSR count). The molecular formula is C14H16ClNO6S. The quantitative estimate of drug-likeness (QED) is 0.819. The van der Waals surface area contributed by atoms with Crippen molar-refractivity contribution < 1.29 is 27.9 Å². The molecule has 1 aromatic carbocycles. The van der Waals surface area contributed by atoms with Crippen LogP contribution in [0.1, 0.15) is 28.8 Å². The number of carbonyl (C=O) groups is 2. The number of carboxylic acid groups (broad SMARTS) is 1. The first-order valence-corrected chi connectivity index (χ1v) is 8.65. The van der Waals surface area contributed by atoms with Crippen molar-refractivity contribution in [1.29, 1.82) is 0 Å². The smallest absolute Gasteiger partial charge is 0.337 e. The molecule has 1 aliphatic rings. The Morgan fingerprint density at radius 2 is 2.04 bits per heavy atom. The van der Waals surface area contributed by atoms with Gasteiger partial charge in [0.05, 0.1) is 17.6 Å². The average Bonchev–Trinajstić information content (AvgIpc) is 2.99. The maximum absolute atomic E-state index is 12.8. The fraction of sp³-hybridized carbons (Fsp3) is 0.429.